The molecule has 4 nitrogen and oxygen atoms in total. The number of azide groups is 1. The van der Waals surface area contributed by atoms with E-state index in [4.69, 9.17) is 5.53 Å². The average Bonchev–Trinajstić information content (AvgIpc) is 2.31. The fraction of sp³-hybridized carbons (Fsp3) is 1.00. The summed E-state index contributed by atoms with van der Waals surface area (Å²) in [5.41, 5.74) is 7.93. The van der Waals surface area contributed by atoms with Crippen LogP contribution in [0.25, 0.3) is 10.4 Å². The normalized spacial score (nSPS) is 22.2. The molecule has 0 aromatic heterocycles. The minimum absolute atomic E-state index is 0.0801. The van der Waals surface area contributed by atoms with Crippen LogP contribution in [0.1, 0.15) is 6.42 Å². The summed E-state index contributed by atoms with van der Waals surface area (Å²) in [5, 5.41) is 3.28. The molecule has 0 atom stereocenters. The van der Waals surface area contributed by atoms with E-state index in [2.05, 4.69) is 10.0 Å². The van der Waals surface area contributed by atoms with Gasteiger partial charge in [0.1, 0.15) is 0 Å². The van der Waals surface area contributed by atoms with Crippen molar-refractivity contribution in [2.75, 3.05) is 26.2 Å². The second kappa shape index (κ2) is 3.69. The lowest BCUT2D eigenvalue weighted by Crippen LogP contribution is -2.27. The number of nitrogens with zero attached hydrogens (tertiary/aromatic N) is 4. The molecule has 0 aliphatic carbocycles. The SMILES string of the molecule is [N-]=[N+]=NCCN1CCC(F)(F)C1. The summed E-state index contributed by atoms with van der Waals surface area (Å²) in [7, 11) is 0. The molecule has 1 fully saturated rings. The van der Waals surface area contributed by atoms with Crippen LogP contribution in [0.15, 0.2) is 5.11 Å². The van der Waals surface area contributed by atoms with Crippen LogP contribution in [0.3, 0.4) is 0 Å². The highest BCUT2D eigenvalue weighted by Crippen LogP contribution is 2.26. The lowest BCUT2D eigenvalue weighted by molar-refractivity contribution is 0.0125. The molecule has 0 aromatic carbocycles. The van der Waals surface area contributed by atoms with Crippen molar-refractivity contribution in [2.45, 2.75) is 12.3 Å². The van der Waals surface area contributed by atoms with Crippen LogP contribution in [0, 0.1) is 0 Å². The molecular formula is C6H10F2N4. The summed E-state index contributed by atoms with van der Waals surface area (Å²) in [4.78, 5) is 4.15. The number of hydrogen-bond acceptors (Lipinski definition) is 2. The minimum Gasteiger partial charge on any atom is -0.297 e. The van der Waals surface area contributed by atoms with Crippen molar-refractivity contribution < 1.29 is 8.78 Å². The molecule has 1 aliphatic rings. The molecule has 1 heterocycles. The van der Waals surface area contributed by atoms with Crippen LogP contribution < -0.4 is 0 Å². The topological polar surface area (TPSA) is 52.0 Å². The molecule has 12 heavy (non-hydrogen) atoms. The van der Waals surface area contributed by atoms with Crippen molar-refractivity contribution in [1.82, 2.24) is 4.90 Å². The van der Waals surface area contributed by atoms with Crippen molar-refractivity contribution >= 4 is 0 Å². The monoisotopic (exact) mass is 176 g/mol. The maximum Gasteiger partial charge on any atom is 0.261 e. The highest BCUT2D eigenvalue weighted by Gasteiger charge is 2.37. The lowest BCUT2D eigenvalue weighted by atomic mass is 10.3. The third kappa shape index (κ3) is 2.64. The molecule has 0 bridgehead atoms. The van der Waals surface area contributed by atoms with Gasteiger partial charge in [-0.15, -0.1) is 0 Å². The zero-order chi connectivity index (χ0) is 9.03. The molecule has 1 rings (SSSR count). The second-order valence-electron chi connectivity index (χ2n) is 2.84. The molecule has 68 valence electrons. The molecule has 1 aliphatic heterocycles. The van der Waals surface area contributed by atoms with E-state index in [1.165, 1.54) is 0 Å². The number of alkyl halides is 2. The maximum atomic E-state index is 12.6. The van der Waals surface area contributed by atoms with Gasteiger partial charge in [0.2, 0.25) is 0 Å². The summed E-state index contributed by atoms with van der Waals surface area (Å²) in [6, 6.07) is 0. The Hall–Kier alpha value is -0.870. The number of likely N-dealkylation sites (tertiary alicyclic amines) is 1. The highest BCUT2D eigenvalue weighted by molar-refractivity contribution is 4.81. The molecule has 0 aromatic rings. The zero-order valence-corrected chi connectivity index (χ0v) is 6.58. The number of halogens is 2. The van der Waals surface area contributed by atoms with E-state index < -0.39 is 5.92 Å². The van der Waals surface area contributed by atoms with Crippen molar-refractivity contribution in [3.63, 3.8) is 0 Å². The molecule has 0 saturated carbocycles. The standard InChI is InChI=1S/C6H10F2N4/c7-6(8)1-3-12(5-6)4-2-10-11-9/h1-5H2. The molecule has 0 N–H and O–H groups in total. The molecule has 0 amide bonds. The van der Waals surface area contributed by atoms with Gasteiger partial charge in [-0.3, -0.25) is 4.90 Å². The van der Waals surface area contributed by atoms with E-state index in [1.807, 2.05) is 0 Å². The number of rotatable bonds is 3. The molecule has 6 heteroatoms. The van der Waals surface area contributed by atoms with Gasteiger partial charge < -0.3 is 0 Å². The van der Waals surface area contributed by atoms with Gasteiger partial charge in [-0.25, -0.2) is 8.78 Å². The maximum absolute atomic E-state index is 12.6. The van der Waals surface area contributed by atoms with Crippen LogP contribution in [0.5, 0.6) is 0 Å². The van der Waals surface area contributed by atoms with E-state index in [9.17, 15) is 8.78 Å². The average molecular weight is 176 g/mol. The van der Waals surface area contributed by atoms with Gasteiger partial charge in [0.05, 0.1) is 6.54 Å². The van der Waals surface area contributed by atoms with Gasteiger partial charge in [-0.1, -0.05) is 5.11 Å². The van der Waals surface area contributed by atoms with Crippen LogP contribution >= 0.6 is 0 Å². The van der Waals surface area contributed by atoms with E-state index in [1.54, 1.807) is 4.90 Å². The Morgan fingerprint density at radius 1 is 1.58 bits per heavy atom. The molecule has 0 unspecified atom stereocenters. The Morgan fingerprint density at radius 2 is 2.33 bits per heavy atom. The van der Waals surface area contributed by atoms with Crippen LogP contribution in [-0.4, -0.2) is 37.0 Å². The third-order valence-electron chi connectivity index (χ3n) is 1.83. The van der Waals surface area contributed by atoms with Gasteiger partial charge in [-0.2, -0.15) is 0 Å². The van der Waals surface area contributed by atoms with Crippen molar-refractivity contribution in [1.29, 1.82) is 0 Å². The first-order valence-corrected chi connectivity index (χ1v) is 3.75. The van der Waals surface area contributed by atoms with Gasteiger partial charge in [-0.05, 0) is 5.53 Å². The largest absolute Gasteiger partial charge is 0.297 e. The molecular weight excluding hydrogens is 166 g/mol. The Labute approximate surface area is 68.8 Å². The van der Waals surface area contributed by atoms with Crippen molar-refractivity contribution in [3.05, 3.63) is 10.4 Å². The first-order valence-electron chi connectivity index (χ1n) is 3.75. The van der Waals surface area contributed by atoms with Gasteiger partial charge >= 0.3 is 0 Å². The van der Waals surface area contributed by atoms with E-state index in [0.29, 0.717) is 13.1 Å². The lowest BCUT2D eigenvalue weighted by Gasteiger charge is -2.12. The smallest absolute Gasteiger partial charge is 0.261 e. The highest BCUT2D eigenvalue weighted by atomic mass is 19.3. The summed E-state index contributed by atoms with van der Waals surface area (Å²) < 4.78 is 25.1. The van der Waals surface area contributed by atoms with Crippen LogP contribution in [-0.2, 0) is 0 Å². The molecule has 1 saturated heterocycles. The first kappa shape index (κ1) is 9.22. The van der Waals surface area contributed by atoms with E-state index in [0.717, 1.165) is 0 Å². The van der Waals surface area contributed by atoms with Gasteiger partial charge in [0.25, 0.3) is 5.92 Å². The fourth-order valence-electron chi connectivity index (χ4n) is 1.23. The Kier molecular flexibility index (Phi) is 2.83. The van der Waals surface area contributed by atoms with E-state index in [-0.39, 0.29) is 19.5 Å². The fourth-order valence-corrected chi connectivity index (χ4v) is 1.23. The second-order valence-corrected chi connectivity index (χ2v) is 2.84. The molecule has 0 spiro atoms. The van der Waals surface area contributed by atoms with Crippen molar-refractivity contribution in [2.24, 2.45) is 5.11 Å². The third-order valence-corrected chi connectivity index (χ3v) is 1.83. The minimum atomic E-state index is -2.55. The predicted molar refractivity (Wildman–Crippen MR) is 40.0 cm³/mol. The Balaban J connectivity index is 2.24. The van der Waals surface area contributed by atoms with Gasteiger partial charge in [0, 0.05) is 31.0 Å². The summed E-state index contributed by atoms with van der Waals surface area (Å²) in [6.07, 6.45) is -0.0801. The van der Waals surface area contributed by atoms with Crippen LogP contribution in [0.4, 0.5) is 8.78 Å². The summed E-state index contributed by atoms with van der Waals surface area (Å²) in [5.74, 6) is -2.55. The first-order chi connectivity index (χ1) is 5.64. The Bertz CT molecular complexity index is 200. The summed E-state index contributed by atoms with van der Waals surface area (Å²) >= 11 is 0. The summed E-state index contributed by atoms with van der Waals surface area (Å²) in [6.45, 7) is 0.897. The molecule has 0 radical (unpaired) electrons. The zero-order valence-electron chi connectivity index (χ0n) is 6.58. The predicted octanol–water partition coefficient (Wildman–Crippen LogP) is 1.64. The van der Waals surface area contributed by atoms with Gasteiger partial charge in [0.15, 0.2) is 0 Å². The van der Waals surface area contributed by atoms with Crippen LogP contribution in [0.2, 0.25) is 0 Å². The van der Waals surface area contributed by atoms with E-state index >= 15 is 0 Å². The van der Waals surface area contributed by atoms with Crippen molar-refractivity contribution in [3.8, 4) is 0 Å². The quantitative estimate of drug-likeness (QED) is 0.366. The number of hydrogen-bond donors (Lipinski definition) is 0. The Morgan fingerprint density at radius 3 is 2.83 bits per heavy atom.